The lowest BCUT2D eigenvalue weighted by Gasteiger charge is -2.40. The van der Waals surface area contributed by atoms with Crippen LogP contribution < -0.4 is 0 Å². The Bertz CT molecular complexity index is 1170. The topological polar surface area (TPSA) is 58.4 Å². The van der Waals surface area contributed by atoms with Gasteiger partial charge in [0.1, 0.15) is 18.2 Å². The quantitative estimate of drug-likeness (QED) is 0.512. The lowest BCUT2D eigenvalue weighted by atomic mass is 9.84. The summed E-state index contributed by atoms with van der Waals surface area (Å²) < 4.78 is 29.0. The normalized spacial score (nSPS) is 15.1. The molecule has 1 aliphatic heterocycles. The highest BCUT2D eigenvalue weighted by Gasteiger charge is 2.33. The van der Waals surface area contributed by atoms with Gasteiger partial charge in [-0.2, -0.15) is 5.10 Å². The maximum atomic E-state index is 14.2. The number of benzene rings is 2. The van der Waals surface area contributed by atoms with Gasteiger partial charge in [0, 0.05) is 44.6 Å². The van der Waals surface area contributed by atoms with Gasteiger partial charge < -0.3 is 9.80 Å². The van der Waals surface area contributed by atoms with Crippen LogP contribution in [0.25, 0.3) is 0 Å². The van der Waals surface area contributed by atoms with Crippen LogP contribution in [0.3, 0.4) is 0 Å². The molecule has 0 unspecified atom stereocenters. The highest BCUT2D eigenvalue weighted by Crippen LogP contribution is 2.28. The number of aryl methyl sites for hydroxylation is 1. The van der Waals surface area contributed by atoms with E-state index in [1.807, 2.05) is 24.1 Å². The van der Waals surface area contributed by atoms with Crippen LogP contribution in [0.5, 0.6) is 0 Å². The molecule has 1 aromatic heterocycles. The third-order valence-corrected chi connectivity index (χ3v) is 6.97. The third kappa shape index (κ3) is 5.75. The first-order chi connectivity index (χ1) is 16.8. The van der Waals surface area contributed by atoms with E-state index in [1.165, 1.54) is 17.2 Å². The molecule has 4 rings (SSSR count). The number of carbonyl (C=O) groups excluding carboxylic acids is 2. The van der Waals surface area contributed by atoms with Crippen molar-refractivity contribution in [1.82, 2.24) is 19.6 Å². The lowest BCUT2D eigenvalue weighted by Crippen LogP contribution is -2.49. The second-order valence-corrected chi connectivity index (χ2v) is 9.16. The predicted molar refractivity (Wildman–Crippen MR) is 129 cm³/mol. The molecular formula is C27H30F2N4O2. The summed E-state index contributed by atoms with van der Waals surface area (Å²) in [6.07, 6.45) is 5.49. The van der Waals surface area contributed by atoms with Crippen LogP contribution in [0.1, 0.15) is 34.3 Å². The summed E-state index contributed by atoms with van der Waals surface area (Å²) in [6.45, 7) is 3.13. The average molecular weight is 481 g/mol. The summed E-state index contributed by atoms with van der Waals surface area (Å²) in [4.78, 5) is 29.4. The van der Waals surface area contributed by atoms with Gasteiger partial charge in [-0.3, -0.25) is 14.3 Å². The molecule has 0 spiro atoms. The Morgan fingerprint density at radius 1 is 1.11 bits per heavy atom. The van der Waals surface area contributed by atoms with Gasteiger partial charge in [-0.1, -0.05) is 24.3 Å². The molecule has 8 heteroatoms. The minimum Gasteiger partial charge on any atom is -0.341 e. The van der Waals surface area contributed by atoms with Gasteiger partial charge in [0.05, 0.1) is 5.56 Å². The van der Waals surface area contributed by atoms with Crippen LogP contribution in [-0.2, 0) is 17.8 Å². The van der Waals surface area contributed by atoms with Gasteiger partial charge in [0.15, 0.2) is 0 Å². The average Bonchev–Trinajstić information content (AvgIpc) is 3.36. The molecule has 0 N–H and O–H groups in total. The van der Waals surface area contributed by atoms with E-state index in [0.29, 0.717) is 32.4 Å². The Hall–Kier alpha value is -3.55. The van der Waals surface area contributed by atoms with E-state index in [2.05, 4.69) is 24.2 Å². The fraction of sp³-hybridized carbons (Fsp3) is 0.370. The van der Waals surface area contributed by atoms with Crippen LogP contribution in [0, 0.1) is 24.5 Å². The molecule has 0 aliphatic carbocycles. The number of hydrogen-bond donors (Lipinski definition) is 0. The standard InChI is InChI=1S/C27H30F2N4O2/c1-19-6-3-4-7-21(19)16-25(31(2)26(34)18-33-13-5-12-30-33)20-10-14-32(15-11-20)27(35)23-9-8-22(28)17-24(23)29/h3-9,12-13,17,20,25H,10-11,14-16,18H2,1-2H3/t25-/m0/s1. The predicted octanol–water partition coefficient (Wildman–Crippen LogP) is 4.09. The smallest absolute Gasteiger partial charge is 0.256 e. The van der Waals surface area contributed by atoms with Crippen molar-refractivity contribution in [2.45, 2.75) is 38.8 Å². The third-order valence-electron chi connectivity index (χ3n) is 6.97. The minimum atomic E-state index is -0.849. The van der Waals surface area contributed by atoms with E-state index in [9.17, 15) is 18.4 Å². The molecule has 35 heavy (non-hydrogen) atoms. The molecule has 1 saturated heterocycles. The Labute approximate surface area is 204 Å². The number of rotatable bonds is 7. The number of nitrogens with zero attached hydrogens (tertiary/aromatic N) is 4. The first-order valence-corrected chi connectivity index (χ1v) is 11.9. The molecule has 184 valence electrons. The van der Waals surface area contributed by atoms with Crippen molar-refractivity contribution in [3.63, 3.8) is 0 Å². The van der Waals surface area contributed by atoms with Gasteiger partial charge in [0.2, 0.25) is 5.91 Å². The minimum absolute atomic E-state index is 0.0285. The molecule has 1 atom stereocenters. The number of hydrogen-bond acceptors (Lipinski definition) is 3. The van der Waals surface area contributed by atoms with Crippen LogP contribution in [0.2, 0.25) is 0 Å². The highest BCUT2D eigenvalue weighted by atomic mass is 19.1. The monoisotopic (exact) mass is 480 g/mol. The lowest BCUT2D eigenvalue weighted by molar-refractivity contribution is -0.134. The molecule has 2 aromatic carbocycles. The van der Waals surface area contributed by atoms with Crippen LogP contribution >= 0.6 is 0 Å². The molecule has 2 amide bonds. The van der Waals surface area contributed by atoms with E-state index in [-0.39, 0.29) is 30.0 Å². The van der Waals surface area contributed by atoms with E-state index >= 15 is 0 Å². The molecule has 2 heterocycles. The number of carbonyl (C=O) groups is 2. The zero-order chi connectivity index (χ0) is 24.9. The van der Waals surface area contributed by atoms with Crippen molar-refractivity contribution >= 4 is 11.8 Å². The molecule has 1 fully saturated rings. The van der Waals surface area contributed by atoms with Crippen molar-refractivity contribution < 1.29 is 18.4 Å². The highest BCUT2D eigenvalue weighted by molar-refractivity contribution is 5.94. The molecule has 0 bridgehead atoms. The van der Waals surface area contributed by atoms with Crippen LogP contribution in [0.15, 0.2) is 60.9 Å². The van der Waals surface area contributed by atoms with E-state index in [0.717, 1.165) is 12.1 Å². The summed E-state index contributed by atoms with van der Waals surface area (Å²) >= 11 is 0. The summed E-state index contributed by atoms with van der Waals surface area (Å²) in [6, 6.07) is 12.9. The Kier molecular flexibility index (Phi) is 7.58. The summed E-state index contributed by atoms with van der Waals surface area (Å²) in [5.41, 5.74) is 2.24. The van der Waals surface area contributed by atoms with Crippen molar-refractivity contribution in [3.8, 4) is 0 Å². The van der Waals surface area contributed by atoms with E-state index in [4.69, 9.17) is 0 Å². The van der Waals surface area contributed by atoms with Crippen molar-refractivity contribution in [2.75, 3.05) is 20.1 Å². The maximum Gasteiger partial charge on any atom is 0.256 e. The van der Waals surface area contributed by atoms with Gasteiger partial charge >= 0.3 is 0 Å². The van der Waals surface area contributed by atoms with E-state index < -0.39 is 17.5 Å². The van der Waals surface area contributed by atoms with Gasteiger partial charge in [0.25, 0.3) is 5.91 Å². The number of halogens is 2. The van der Waals surface area contributed by atoms with Gasteiger partial charge in [-0.25, -0.2) is 8.78 Å². The molecular weight excluding hydrogens is 450 g/mol. The Morgan fingerprint density at radius 2 is 1.86 bits per heavy atom. The molecule has 0 radical (unpaired) electrons. The summed E-state index contributed by atoms with van der Waals surface area (Å²) in [7, 11) is 1.83. The Morgan fingerprint density at radius 3 is 2.51 bits per heavy atom. The first kappa shape index (κ1) is 24.6. The SMILES string of the molecule is Cc1ccccc1C[C@@H](C1CCN(C(=O)c2ccc(F)cc2F)CC1)N(C)C(=O)Cn1cccn1. The first-order valence-electron chi connectivity index (χ1n) is 11.9. The van der Waals surface area contributed by atoms with Gasteiger partial charge in [-0.15, -0.1) is 0 Å². The number of piperidine rings is 1. The number of amides is 2. The van der Waals surface area contributed by atoms with Gasteiger partial charge in [-0.05, 0) is 61.4 Å². The van der Waals surface area contributed by atoms with Crippen molar-refractivity contribution in [3.05, 3.63) is 89.2 Å². The zero-order valence-corrected chi connectivity index (χ0v) is 20.0. The molecule has 3 aromatic rings. The maximum absolute atomic E-state index is 14.2. The van der Waals surface area contributed by atoms with Crippen molar-refractivity contribution in [2.24, 2.45) is 5.92 Å². The Balaban J connectivity index is 1.48. The number of aromatic nitrogens is 2. The number of likely N-dealkylation sites (tertiary alicyclic amines) is 1. The van der Waals surface area contributed by atoms with Crippen LogP contribution in [0.4, 0.5) is 8.78 Å². The molecule has 0 saturated carbocycles. The second kappa shape index (κ2) is 10.8. The van der Waals surface area contributed by atoms with Crippen molar-refractivity contribution in [1.29, 1.82) is 0 Å². The van der Waals surface area contributed by atoms with Crippen LogP contribution in [-0.4, -0.2) is 57.6 Å². The number of likely N-dealkylation sites (N-methyl/N-ethyl adjacent to an activating group) is 1. The molecule has 1 aliphatic rings. The second-order valence-electron chi connectivity index (χ2n) is 9.16. The summed E-state index contributed by atoms with van der Waals surface area (Å²) in [5.74, 6) is -1.85. The van der Waals surface area contributed by atoms with E-state index in [1.54, 1.807) is 28.0 Å². The fourth-order valence-corrected chi connectivity index (χ4v) is 4.83. The zero-order valence-electron chi connectivity index (χ0n) is 20.0. The fourth-order valence-electron chi connectivity index (χ4n) is 4.83. The largest absolute Gasteiger partial charge is 0.341 e. The molecule has 6 nitrogen and oxygen atoms in total. The summed E-state index contributed by atoms with van der Waals surface area (Å²) in [5, 5.41) is 4.15.